The fraction of sp³-hybridized carbons (Fsp3) is 0.692. The zero-order valence-corrected chi connectivity index (χ0v) is 20.2. The number of allylic oxidation sites excluding steroid dienone is 1. The minimum absolute atomic E-state index is 0.260. The molecule has 1 saturated carbocycles. The lowest BCUT2D eigenvalue weighted by Crippen LogP contribution is -2.38. The number of hydrogen-bond donors (Lipinski definition) is 0. The van der Waals surface area contributed by atoms with Crippen molar-refractivity contribution in [1.82, 2.24) is 0 Å². The summed E-state index contributed by atoms with van der Waals surface area (Å²) in [6.45, 7) is 3.54. The third kappa shape index (κ3) is 6.88. The van der Waals surface area contributed by atoms with Gasteiger partial charge in [-0.2, -0.15) is 8.78 Å². The highest BCUT2D eigenvalue weighted by molar-refractivity contribution is 5.33. The van der Waals surface area contributed by atoms with Crippen molar-refractivity contribution in [3.05, 3.63) is 35.7 Å². The van der Waals surface area contributed by atoms with Crippen LogP contribution in [0.2, 0.25) is 0 Å². The Kier molecular flexibility index (Phi) is 8.44. The number of hydrogen-bond acceptors (Lipinski definition) is 4. The van der Waals surface area contributed by atoms with Crippen LogP contribution in [0.25, 0.3) is 0 Å². The summed E-state index contributed by atoms with van der Waals surface area (Å²) in [5, 5.41) is 0. The molecule has 0 spiro atoms. The minimum atomic E-state index is -5.09. The number of ether oxygens (including phenoxy) is 4. The maximum atomic E-state index is 14.8. The highest BCUT2D eigenvalue weighted by Crippen LogP contribution is 2.45. The quantitative estimate of drug-likeness (QED) is 0.273. The van der Waals surface area contributed by atoms with Crippen molar-refractivity contribution >= 4 is 0 Å². The van der Waals surface area contributed by atoms with Crippen LogP contribution in [0.4, 0.5) is 26.3 Å². The van der Waals surface area contributed by atoms with Gasteiger partial charge in [-0.3, -0.25) is 0 Å². The molecule has 1 atom stereocenters. The average Bonchev–Trinajstić information content (AvgIpc) is 2.85. The van der Waals surface area contributed by atoms with Crippen molar-refractivity contribution < 1.29 is 45.3 Å². The third-order valence-corrected chi connectivity index (χ3v) is 7.63. The zero-order valence-electron chi connectivity index (χ0n) is 20.2. The van der Waals surface area contributed by atoms with E-state index in [1.165, 1.54) is 5.57 Å². The summed E-state index contributed by atoms with van der Waals surface area (Å²) in [5.41, 5.74) is 1.17. The Morgan fingerprint density at radius 1 is 0.917 bits per heavy atom. The van der Waals surface area contributed by atoms with E-state index in [1.807, 2.05) is 0 Å². The SMILES string of the molecule is CCC1COC(C2=CCC(C3CCC(C(F)(F)Oc4ccc(OC(F)(F)F)c(F)c4)CC3)CC2)OC1. The highest BCUT2D eigenvalue weighted by atomic mass is 19.4. The predicted octanol–water partition coefficient (Wildman–Crippen LogP) is 7.63. The molecule has 10 heteroatoms. The van der Waals surface area contributed by atoms with E-state index in [-0.39, 0.29) is 19.1 Å². The normalized spacial score (nSPS) is 30.0. The summed E-state index contributed by atoms with van der Waals surface area (Å²) in [6, 6.07) is 1.95. The van der Waals surface area contributed by atoms with Gasteiger partial charge in [-0.05, 0) is 80.9 Å². The van der Waals surface area contributed by atoms with E-state index in [9.17, 15) is 26.3 Å². The molecular formula is C26H32F6O4. The van der Waals surface area contributed by atoms with Crippen molar-refractivity contribution in [2.24, 2.45) is 23.7 Å². The largest absolute Gasteiger partial charge is 0.573 e. The molecule has 2 aliphatic carbocycles. The van der Waals surface area contributed by atoms with E-state index in [1.54, 1.807) is 0 Å². The summed E-state index contributed by atoms with van der Waals surface area (Å²) in [6.07, 6.45) is -1.17. The van der Waals surface area contributed by atoms with Crippen LogP contribution in [-0.2, 0) is 9.47 Å². The van der Waals surface area contributed by atoms with E-state index in [2.05, 4.69) is 17.7 Å². The Labute approximate surface area is 206 Å². The lowest BCUT2D eigenvalue weighted by atomic mass is 9.71. The topological polar surface area (TPSA) is 36.9 Å². The second-order valence-corrected chi connectivity index (χ2v) is 10.0. The molecule has 0 N–H and O–H groups in total. The first-order valence-electron chi connectivity index (χ1n) is 12.6. The van der Waals surface area contributed by atoms with E-state index < -0.39 is 35.7 Å². The fourth-order valence-electron chi connectivity index (χ4n) is 5.43. The Hall–Kier alpha value is -1.94. The van der Waals surface area contributed by atoms with Crippen molar-refractivity contribution in [2.75, 3.05) is 13.2 Å². The lowest BCUT2D eigenvalue weighted by molar-refractivity contribution is -0.275. The Balaban J connectivity index is 1.26. The molecule has 202 valence electrons. The first-order valence-corrected chi connectivity index (χ1v) is 12.6. The van der Waals surface area contributed by atoms with Gasteiger partial charge in [-0.1, -0.05) is 13.0 Å². The van der Waals surface area contributed by atoms with Gasteiger partial charge < -0.3 is 18.9 Å². The summed E-state index contributed by atoms with van der Waals surface area (Å²) in [7, 11) is 0. The second kappa shape index (κ2) is 11.2. The van der Waals surface area contributed by atoms with Crippen LogP contribution in [0.5, 0.6) is 11.5 Å². The van der Waals surface area contributed by atoms with Crippen LogP contribution in [0.3, 0.4) is 0 Å². The molecule has 2 fully saturated rings. The zero-order chi connectivity index (χ0) is 25.9. The van der Waals surface area contributed by atoms with Crippen LogP contribution < -0.4 is 9.47 Å². The van der Waals surface area contributed by atoms with Gasteiger partial charge in [0.15, 0.2) is 17.9 Å². The summed E-state index contributed by atoms with van der Waals surface area (Å²) in [4.78, 5) is 0. The smallest absolute Gasteiger partial charge is 0.432 e. The average molecular weight is 523 g/mol. The van der Waals surface area contributed by atoms with Crippen LogP contribution >= 0.6 is 0 Å². The van der Waals surface area contributed by atoms with Crippen molar-refractivity contribution in [3.63, 3.8) is 0 Å². The van der Waals surface area contributed by atoms with E-state index in [0.717, 1.165) is 31.7 Å². The van der Waals surface area contributed by atoms with Crippen molar-refractivity contribution in [3.8, 4) is 11.5 Å². The fourth-order valence-corrected chi connectivity index (χ4v) is 5.43. The van der Waals surface area contributed by atoms with Crippen molar-refractivity contribution in [2.45, 2.75) is 77.1 Å². The van der Waals surface area contributed by atoms with Crippen LogP contribution in [-0.4, -0.2) is 32.0 Å². The molecular weight excluding hydrogens is 490 g/mol. The first kappa shape index (κ1) is 27.1. The van der Waals surface area contributed by atoms with Gasteiger partial charge in [0.2, 0.25) is 0 Å². The van der Waals surface area contributed by atoms with Gasteiger partial charge in [0, 0.05) is 12.0 Å². The molecule has 1 aromatic carbocycles. The maximum absolute atomic E-state index is 14.8. The van der Waals surface area contributed by atoms with Gasteiger partial charge in [-0.25, -0.2) is 4.39 Å². The van der Waals surface area contributed by atoms with Gasteiger partial charge in [0.1, 0.15) is 5.75 Å². The predicted molar refractivity (Wildman–Crippen MR) is 119 cm³/mol. The van der Waals surface area contributed by atoms with Crippen LogP contribution in [0.15, 0.2) is 29.8 Å². The molecule has 1 saturated heterocycles. The molecule has 4 rings (SSSR count). The standard InChI is InChI=1S/C26H32F6O4/c1-2-16-14-33-24(34-15-16)19-5-3-17(4-6-19)18-7-9-20(10-8-18)25(28,29)35-21-11-12-23(22(27)13-21)36-26(30,31)32/h5,11-13,16-18,20,24H,2-4,6-10,14-15H2,1H3. The monoisotopic (exact) mass is 522 g/mol. The summed E-state index contributed by atoms with van der Waals surface area (Å²) in [5.74, 6) is -2.92. The number of benzene rings is 1. The van der Waals surface area contributed by atoms with E-state index in [4.69, 9.17) is 14.2 Å². The second-order valence-electron chi connectivity index (χ2n) is 10.0. The molecule has 36 heavy (non-hydrogen) atoms. The minimum Gasteiger partial charge on any atom is -0.432 e. The van der Waals surface area contributed by atoms with E-state index >= 15 is 0 Å². The molecule has 3 aliphatic rings. The van der Waals surface area contributed by atoms with Crippen molar-refractivity contribution in [1.29, 1.82) is 0 Å². The van der Waals surface area contributed by atoms with Crippen LogP contribution in [0.1, 0.15) is 58.3 Å². The van der Waals surface area contributed by atoms with Gasteiger partial charge in [-0.15, -0.1) is 13.2 Å². The third-order valence-electron chi connectivity index (χ3n) is 7.63. The Bertz CT molecular complexity index is 902. The number of halogens is 6. The Morgan fingerprint density at radius 3 is 2.17 bits per heavy atom. The van der Waals surface area contributed by atoms with Crippen LogP contribution in [0, 0.1) is 29.5 Å². The van der Waals surface area contributed by atoms with Gasteiger partial charge >= 0.3 is 12.5 Å². The maximum Gasteiger partial charge on any atom is 0.573 e. The molecule has 1 aromatic rings. The summed E-state index contributed by atoms with van der Waals surface area (Å²) >= 11 is 0. The molecule has 4 nitrogen and oxygen atoms in total. The summed E-state index contributed by atoms with van der Waals surface area (Å²) < 4.78 is 100. The number of alkyl halides is 5. The molecule has 0 radical (unpaired) electrons. The lowest BCUT2D eigenvalue weighted by Gasteiger charge is -2.38. The Morgan fingerprint density at radius 2 is 1.61 bits per heavy atom. The van der Waals surface area contributed by atoms with E-state index in [0.29, 0.717) is 55.9 Å². The molecule has 1 unspecified atom stereocenters. The molecule has 0 amide bonds. The molecule has 0 bridgehead atoms. The molecule has 1 aliphatic heterocycles. The highest BCUT2D eigenvalue weighted by Gasteiger charge is 2.45. The first-order chi connectivity index (χ1) is 17.0. The molecule has 0 aromatic heterocycles. The molecule has 1 heterocycles. The van der Waals surface area contributed by atoms with Gasteiger partial charge in [0.05, 0.1) is 19.1 Å². The number of rotatable bonds is 7. The van der Waals surface area contributed by atoms with Gasteiger partial charge in [0.25, 0.3) is 0 Å².